The molecule has 4 N–H and O–H groups in total. The standard InChI is InChI=1S/C23H26N3O.H2N.H2O.Po/c27-22-13-24-20-3-1-2-4-21(20)25(22)19-10-17-5-6-18(11-19)26(17)23-12-14-7-15(23)9-16(23)8-14;;;/h1-4,14-19H,5-12H2;2*1H2;/q;-1;;+1/t14?,15?,16?,17-,18+,19?,23?;;;. The molecule has 2 saturated heterocycles. The van der Waals surface area contributed by atoms with E-state index in [1.165, 1.54) is 38.5 Å². The summed E-state index contributed by atoms with van der Waals surface area (Å²) in [5, 5.41) is 0. The van der Waals surface area contributed by atoms with Gasteiger partial charge in [-0.1, -0.05) is 0 Å². The zero-order chi connectivity index (χ0) is 19.3. The van der Waals surface area contributed by atoms with Gasteiger partial charge in [0, 0.05) is 0 Å². The Labute approximate surface area is 188 Å². The van der Waals surface area contributed by atoms with E-state index >= 15 is 0 Å². The molecular formula is C23H30N4O2Po. The van der Waals surface area contributed by atoms with Gasteiger partial charge in [-0.25, -0.2) is 0 Å². The normalized spacial score (nSPS) is 41.1. The third-order valence-corrected chi connectivity index (χ3v) is 11.2. The molecule has 2 aromatic rings. The van der Waals surface area contributed by atoms with Crippen LogP contribution in [-0.4, -0.2) is 61.4 Å². The summed E-state index contributed by atoms with van der Waals surface area (Å²) >= 11 is -1.34. The summed E-state index contributed by atoms with van der Waals surface area (Å²) in [5.74, 6) is 2.97. The number of para-hydroxylation sites is 2. The van der Waals surface area contributed by atoms with Crippen molar-refractivity contribution in [1.82, 2.24) is 14.5 Å². The summed E-state index contributed by atoms with van der Waals surface area (Å²) in [6, 6.07) is 9.81. The summed E-state index contributed by atoms with van der Waals surface area (Å²) in [6.45, 7) is 0. The van der Waals surface area contributed by atoms with Crippen LogP contribution in [0.5, 0.6) is 0 Å². The maximum absolute atomic E-state index is 13.3. The molecule has 160 valence electrons. The average molecular weight is 604 g/mol. The first-order chi connectivity index (χ1) is 14.2. The van der Waals surface area contributed by atoms with Gasteiger partial charge in [0.05, 0.1) is 0 Å². The maximum atomic E-state index is 13.3. The molecule has 4 bridgehead atoms. The van der Waals surface area contributed by atoms with Crippen molar-refractivity contribution >= 4 is 38.2 Å². The second-order valence-corrected chi connectivity index (χ2v) is 12.7. The average Bonchev–Trinajstić information content (AvgIpc) is 3.28. The molecule has 1 aromatic carbocycles. The molecule has 3 unspecified atom stereocenters. The fraction of sp³-hybridized carbons (Fsp3) is 0.652. The zero-order valence-electron chi connectivity index (χ0n) is 17.2. The van der Waals surface area contributed by atoms with Crippen molar-refractivity contribution in [2.75, 3.05) is 0 Å². The molecule has 30 heavy (non-hydrogen) atoms. The molecule has 0 spiro atoms. The zero-order valence-corrected chi connectivity index (χ0v) is 20.3. The monoisotopic (exact) mass is 603 g/mol. The summed E-state index contributed by atoms with van der Waals surface area (Å²) in [5.41, 5.74) is 2.62. The van der Waals surface area contributed by atoms with Gasteiger partial charge in [0.25, 0.3) is 0 Å². The molecule has 3 aliphatic carbocycles. The predicted molar refractivity (Wildman–Crippen MR) is 118 cm³/mol. The van der Waals surface area contributed by atoms with E-state index in [0.717, 1.165) is 41.6 Å². The van der Waals surface area contributed by atoms with Crippen LogP contribution in [0.25, 0.3) is 11.0 Å². The number of nitrogens with zero attached hydrogens (tertiary/aromatic N) is 3. The molecule has 5 aliphatic rings. The van der Waals surface area contributed by atoms with E-state index in [2.05, 4.69) is 20.5 Å². The molecule has 7 rings (SSSR count). The predicted octanol–water partition coefficient (Wildman–Crippen LogP) is 1.13. The number of aromatic nitrogens is 2. The van der Waals surface area contributed by atoms with Crippen LogP contribution in [0.4, 0.5) is 0 Å². The van der Waals surface area contributed by atoms with Gasteiger partial charge >= 0.3 is 184 Å². The van der Waals surface area contributed by atoms with Crippen molar-refractivity contribution < 1.29 is 5.48 Å². The van der Waals surface area contributed by atoms with Gasteiger partial charge in [0.2, 0.25) is 0 Å². The molecule has 5 atom stereocenters. The molecule has 5 fully saturated rings. The van der Waals surface area contributed by atoms with Crippen LogP contribution in [0.2, 0.25) is 0 Å². The van der Waals surface area contributed by atoms with Crippen molar-refractivity contribution in [3.8, 4) is 0 Å². The van der Waals surface area contributed by atoms with Crippen LogP contribution >= 0.6 is 0 Å². The van der Waals surface area contributed by atoms with Crippen LogP contribution in [0.1, 0.15) is 57.4 Å². The van der Waals surface area contributed by atoms with Gasteiger partial charge in [-0.05, 0) is 0 Å². The first kappa shape index (κ1) is 19.8. The van der Waals surface area contributed by atoms with Crippen LogP contribution < -0.4 is 12.5 Å². The number of benzene rings is 1. The van der Waals surface area contributed by atoms with Crippen molar-refractivity contribution in [3.63, 3.8) is 0 Å². The SMILES string of the molecule is O.[NH2][Po][c]1nc2ccccc2n(C2C[C@H]3CC[C@@H](C2)N3C23CC4CC2CC3C4)c1=O. The molecule has 2 aliphatic heterocycles. The molecular weight excluding hydrogens is 573 g/mol. The Morgan fingerprint density at radius 2 is 1.70 bits per heavy atom. The molecule has 7 heteroatoms. The van der Waals surface area contributed by atoms with Crippen molar-refractivity contribution in [2.24, 2.45) is 21.4 Å². The summed E-state index contributed by atoms with van der Waals surface area (Å²) in [6.07, 6.45) is 10.9. The van der Waals surface area contributed by atoms with Crippen LogP contribution in [0.15, 0.2) is 29.1 Å². The van der Waals surface area contributed by atoms with Gasteiger partial charge in [-0.15, -0.1) is 0 Å². The van der Waals surface area contributed by atoms with E-state index in [-0.39, 0.29) is 11.0 Å². The molecule has 1 aromatic heterocycles. The number of hydrogen-bond acceptors (Lipinski definition) is 4. The number of hydrogen-bond donors (Lipinski definition) is 1. The number of fused-ring (bicyclic) bond motifs is 4. The second-order valence-electron chi connectivity index (χ2n) is 10.3. The summed E-state index contributed by atoms with van der Waals surface area (Å²) in [7, 11) is 0. The Morgan fingerprint density at radius 3 is 2.33 bits per heavy atom. The van der Waals surface area contributed by atoms with Gasteiger partial charge < -0.3 is 5.48 Å². The summed E-state index contributed by atoms with van der Waals surface area (Å²) in [4.78, 5) is 21.0. The second kappa shape index (κ2) is 6.82. The van der Waals surface area contributed by atoms with E-state index < -0.39 is 23.9 Å². The molecule has 0 radical (unpaired) electrons. The van der Waals surface area contributed by atoms with E-state index in [9.17, 15) is 4.79 Å². The first-order valence-electron chi connectivity index (χ1n) is 11.4. The fourth-order valence-electron chi connectivity index (χ4n) is 8.53. The van der Waals surface area contributed by atoms with Crippen molar-refractivity contribution in [2.45, 2.75) is 75.0 Å². The van der Waals surface area contributed by atoms with Crippen molar-refractivity contribution in [1.29, 1.82) is 0 Å². The summed E-state index contributed by atoms with van der Waals surface area (Å²) < 4.78 is 8.84. The Kier molecular flexibility index (Phi) is 4.50. The van der Waals surface area contributed by atoms with Crippen LogP contribution in [0, 0.1) is 17.8 Å². The topological polar surface area (TPSA) is 95.7 Å². The van der Waals surface area contributed by atoms with E-state index in [1.54, 1.807) is 0 Å². The van der Waals surface area contributed by atoms with Gasteiger partial charge in [0.15, 0.2) is 0 Å². The quantitative estimate of drug-likeness (QED) is 0.570. The first-order valence-corrected chi connectivity index (χ1v) is 14.8. The van der Waals surface area contributed by atoms with Crippen LogP contribution in [0.3, 0.4) is 0 Å². The van der Waals surface area contributed by atoms with Gasteiger partial charge in [-0.2, -0.15) is 0 Å². The van der Waals surface area contributed by atoms with E-state index in [1.807, 2.05) is 18.2 Å². The van der Waals surface area contributed by atoms with Crippen molar-refractivity contribution in [3.05, 3.63) is 34.6 Å². The molecule has 3 heterocycles. The third kappa shape index (κ3) is 2.39. The van der Waals surface area contributed by atoms with E-state index in [0.29, 0.717) is 27.0 Å². The Bertz CT molecular complexity index is 1040. The van der Waals surface area contributed by atoms with Gasteiger partial charge in [0.1, 0.15) is 0 Å². The molecule has 3 saturated carbocycles. The van der Waals surface area contributed by atoms with E-state index in [4.69, 9.17) is 3.63 Å². The number of piperidine rings is 1. The van der Waals surface area contributed by atoms with Gasteiger partial charge in [-0.3, -0.25) is 0 Å². The fourth-order valence-corrected chi connectivity index (χ4v) is 9.89. The number of rotatable bonds is 3. The minimum atomic E-state index is -1.34. The Morgan fingerprint density at radius 1 is 1.00 bits per heavy atom. The molecule has 0 amide bonds. The minimum absolute atomic E-state index is 0. The molecule has 6 nitrogen and oxygen atoms in total. The Hall–Kier alpha value is -0.864. The Balaban J connectivity index is 0.00000175. The third-order valence-electron chi connectivity index (χ3n) is 9.27. The van der Waals surface area contributed by atoms with Crippen LogP contribution in [-0.2, 0) is 0 Å². The number of nitrogens with two attached hydrogens (primary N) is 1.